The summed E-state index contributed by atoms with van der Waals surface area (Å²) in [5.41, 5.74) is 1.41. The van der Waals surface area contributed by atoms with E-state index < -0.39 is 0 Å². The number of aromatic nitrogens is 2. The van der Waals surface area contributed by atoms with Crippen molar-refractivity contribution in [2.75, 3.05) is 0 Å². The van der Waals surface area contributed by atoms with E-state index in [9.17, 15) is 10.0 Å². The molecular formula is C13H13BrN2O2. The van der Waals surface area contributed by atoms with Crippen LogP contribution in [0.15, 0.2) is 41.0 Å². The van der Waals surface area contributed by atoms with Crippen LogP contribution in [0.25, 0.3) is 0 Å². The SMILES string of the molecule is CCC(=O)c1c(Br)c[n+]([O-])n1Cc1ccccc1. The lowest BCUT2D eigenvalue weighted by atomic mass is 10.2. The van der Waals surface area contributed by atoms with E-state index in [4.69, 9.17) is 0 Å². The van der Waals surface area contributed by atoms with E-state index >= 15 is 0 Å². The Hall–Kier alpha value is -1.62. The number of hydrogen-bond acceptors (Lipinski definition) is 2. The van der Waals surface area contributed by atoms with Gasteiger partial charge in [-0.05, 0) is 21.5 Å². The standard InChI is InChI=1S/C13H13BrN2O2/c1-2-12(17)13-11(14)9-16(18)15(13)8-10-6-4-3-5-7-10/h3-7,9H,2,8H2,1H3. The van der Waals surface area contributed by atoms with Crippen LogP contribution in [0.3, 0.4) is 0 Å². The molecule has 4 nitrogen and oxygen atoms in total. The topological polar surface area (TPSA) is 48.9 Å². The van der Waals surface area contributed by atoms with Gasteiger partial charge in [-0.1, -0.05) is 42.1 Å². The number of rotatable bonds is 4. The second-order valence-corrected chi connectivity index (χ2v) is 4.80. The van der Waals surface area contributed by atoms with Gasteiger partial charge in [0.25, 0.3) is 0 Å². The van der Waals surface area contributed by atoms with Crippen molar-refractivity contribution in [1.29, 1.82) is 0 Å². The first-order valence-electron chi connectivity index (χ1n) is 5.69. The van der Waals surface area contributed by atoms with Gasteiger partial charge in [0.05, 0.1) is 0 Å². The highest BCUT2D eigenvalue weighted by molar-refractivity contribution is 9.10. The number of halogens is 1. The summed E-state index contributed by atoms with van der Waals surface area (Å²) in [5, 5.41) is 11.8. The maximum atomic E-state index is 11.9. The van der Waals surface area contributed by atoms with Crippen LogP contribution in [-0.4, -0.2) is 10.5 Å². The molecule has 0 bridgehead atoms. The summed E-state index contributed by atoms with van der Waals surface area (Å²) < 4.78 is 1.98. The van der Waals surface area contributed by atoms with E-state index in [0.29, 0.717) is 28.0 Å². The van der Waals surface area contributed by atoms with Gasteiger partial charge in [-0.15, -0.1) is 4.68 Å². The molecule has 0 aliphatic heterocycles. The fourth-order valence-corrected chi connectivity index (χ4v) is 2.40. The summed E-state index contributed by atoms with van der Waals surface area (Å²) in [5.74, 6) is -0.0487. The molecular weight excluding hydrogens is 296 g/mol. The second kappa shape index (κ2) is 5.35. The predicted molar refractivity (Wildman–Crippen MR) is 71.3 cm³/mol. The molecule has 2 aromatic rings. The number of ketones is 1. The number of benzene rings is 1. The van der Waals surface area contributed by atoms with Gasteiger partial charge >= 0.3 is 0 Å². The molecule has 1 heterocycles. The number of carbonyl (C=O) groups is 1. The Morgan fingerprint density at radius 1 is 1.39 bits per heavy atom. The first-order valence-corrected chi connectivity index (χ1v) is 6.48. The molecule has 0 spiro atoms. The molecule has 0 amide bonds. The van der Waals surface area contributed by atoms with Gasteiger partial charge in [-0.25, -0.2) is 0 Å². The Bertz CT molecular complexity index is 564. The van der Waals surface area contributed by atoms with E-state index in [0.717, 1.165) is 5.56 Å². The average molecular weight is 309 g/mol. The minimum atomic E-state index is -0.0487. The van der Waals surface area contributed by atoms with Crippen LogP contribution in [0.5, 0.6) is 0 Å². The fourth-order valence-electron chi connectivity index (χ4n) is 1.80. The molecule has 0 saturated heterocycles. The molecule has 1 aromatic carbocycles. The third kappa shape index (κ3) is 2.46. The van der Waals surface area contributed by atoms with Crippen LogP contribution in [0.2, 0.25) is 0 Å². The van der Waals surface area contributed by atoms with Crippen molar-refractivity contribution >= 4 is 21.7 Å². The molecule has 1 aromatic heterocycles. The lowest BCUT2D eigenvalue weighted by Crippen LogP contribution is -2.38. The highest BCUT2D eigenvalue weighted by atomic mass is 79.9. The summed E-state index contributed by atoms with van der Waals surface area (Å²) in [4.78, 5) is 12.5. The third-order valence-corrected chi connectivity index (χ3v) is 3.29. The molecule has 0 fully saturated rings. The maximum absolute atomic E-state index is 11.9. The Morgan fingerprint density at radius 3 is 2.67 bits per heavy atom. The van der Waals surface area contributed by atoms with Crippen LogP contribution >= 0.6 is 15.9 Å². The van der Waals surface area contributed by atoms with Crippen molar-refractivity contribution in [1.82, 2.24) is 4.68 Å². The smallest absolute Gasteiger partial charge is 0.224 e. The van der Waals surface area contributed by atoms with E-state index in [1.807, 2.05) is 30.3 Å². The minimum Gasteiger partial charge on any atom is -0.596 e. The molecule has 0 N–H and O–H groups in total. The van der Waals surface area contributed by atoms with Crippen molar-refractivity contribution < 1.29 is 9.64 Å². The zero-order valence-electron chi connectivity index (χ0n) is 9.97. The quantitative estimate of drug-likeness (QED) is 0.495. The van der Waals surface area contributed by atoms with Crippen LogP contribution in [0, 0.1) is 5.21 Å². The lowest BCUT2D eigenvalue weighted by molar-refractivity contribution is -0.693. The molecule has 0 saturated carbocycles. The average Bonchev–Trinajstić information content (AvgIpc) is 2.65. The Balaban J connectivity index is 2.41. The van der Waals surface area contributed by atoms with E-state index in [1.165, 1.54) is 10.9 Å². The van der Waals surface area contributed by atoms with Gasteiger partial charge in [-0.3, -0.25) is 4.79 Å². The fraction of sp³-hybridized carbons (Fsp3) is 0.231. The second-order valence-electron chi connectivity index (χ2n) is 3.95. The Labute approximate surface area is 114 Å². The first-order chi connectivity index (χ1) is 8.63. The Kier molecular flexibility index (Phi) is 3.81. The predicted octanol–water partition coefficient (Wildman–Crippen LogP) is 2.53. The van der Waals surface area contributed by atoms with Crippen molar-refractivity contribution in [3.05, 3.63) is 57.5 Å². The largest absolute Gasteiger partial charge is 0.596 e. The molecule has 0 atom stereocenters. The van der Waals surface area contributed by atoms with E-state index in [1.54, 1.807) is 6.92 Å². The number of carbonyl (C=O) groups excluding carboxylic acids is 1. The molecule has 18 heavy (non-hydrogen) atoms. The van der Waals surface area contributed by atoms with E-state index in [-0.39, 0.29) is 5.78 Å². The van der Waals surface area contributed by atoms with Crippen LogP contribution in [0.1, 0.15) is 29.4 Å². The third-order valence-electron chi connectivity index (χ3n) is 2.71. The number of nitrogens with zero attached hydrogens (tertiary/aromatic N) is 2. The zero-order chi connectivity index (χ0) is 13.1. The van der Waals surface area contributed by atoms with Crippen molar-refractivity contribution in [3.8, 4) is 0 Å². The summed E-state index contributed by atoms with van der Waals surface area (Å²) in [6, 6.07) is 9.58. The van der Waals surface area contributed by atoms with Gasteiger partial charge in [-0.2, -0.15) is 0 Å². The number of hydrogen-bond donors (Lipinski definition) is 0. The number of Topliss-reactive ketones (excluding diaryl/α,β-unsaturated/α-hetero) is 1. The zero-order valence-corrected chi connectivity index (χ0v) is 11.6. The molecule has 0 aliphatic rings. The summed E-state index contributed by atoms with van der Waals surface area (Å²) >= 11 is 3.26. The molecule has 0 radical (unpaired) electrons. The van der Waals surface area contributed by atoms with Gasteiger partial charge < -0.3 is 5.21 Å². The highest BCUT2D eigenvalue weighted by Gasteiger charge is 2.22. The van der Waals surface area contributed by atoms with E-state index in [2.05, 4.69) is 15.9 Å². The molecule has 2 rings (SSSR count). The van der Waals surface area contributed by atoms with Crippen molar-refractivity contribution in [3.63, 3.8) is 0 Å². The molecule has 0 unspecified atom stereocenters. The van der Waals surface area contributed by atoms with Gasteiger partial charge in [0.2, 0.25) is 6.20 Å². The lowest BCUT2D eigenvalue weighted by Gasteiger charge is -2.06. The molecule has 0 aliphatic carbocycles. The van der Waals surface area contributed by atoms with Crippen LogP contribution in [-0.2, 0) is 6.54 Å². The summed E-state index contributed by atoms with van der Waals surface area (Å²) in [6.45, 7) is 2.17. The van der Waals surface area contributed by atoms with Crippen molar-refractivity contribution in [2.45, 2.75) is 19.9 Å². The normalized spacial score (nSPS) is 10.6. The minimum absolute atomic E-state index is 0.0487. The van der Waals surface area contributed by atoms with Gasteiger partial charge in [0.15, 0.2) is 11.5 Å². The monoisotopic (exact) mass is 308 g/mol. The Morgan fingerprint density at radius 2 is 2.06 bits per heavy atom. The first kappa shape index (κ1) is 12.8. The summed E-state index contributed by atoms with van der Waals surface area (Å²) in [7, 11) is 0. The van der Waals surface area contributed by atoms with Crippen molar-refractivity contribution in [2.24, 2.45) is 0 Å². The van der Waals surface area contributed by atoms with Crippen LogP contribution < -0.4 is 4.85 Å². The molecule has 5 heteroatoms. The van der Waals surface area contributed by atoms with Gasteiger partial charge in [0.1, 0.15) is 11.0 Å². The highest BCUT2D eigenvalue weighted by Crippen LogP contribution is 2.17. The maximum Gasteiger partial charge on any atom is 0.224 e. The summed E-state index contributed by atoms with van der Waals surface area (Å²) in [6.07, 6.45) is 1.74. The van der Waals surface area contributed by atoms with Crippen LogP contribution in [0.4, 0.5) is 0 Å². The van der Waals surface area contributed by atoms with Gasteiger partial charge in [0, 0.05) is 6.42 Å². The molecule has 94 valence electrons.